The van der Waals surface area contributed by atoms with Gasteiger partial charge >= 0.3 is 0 Å². The predicted molar refractivity (Wildman–Crippen MR) is 460 cm³/mol. The average molecular weight is 1580 g/mol. The number of halogens is 1. The number of nitrogens with one attached hydrogen (secondary N) is 6. The number of imidazole rings is 4. The molecule has 4 fully saturated rings. The van der Waals surface area contributed by atoms with E-state index in [0.29, 0.717) is 29.6 Å². The number of nitrogens with zero attached hydrogens (tertiary/aromatic N) is 12. The summed E-state index contributed by atoms with van der Waals surface area (Å²) >= 11 is 0. The van der Waals surface area contributed by atoms with Gasteiger partial charge < -0.3 is 47.3 Å². The molecular weight excluding hydrogens is 1490 g/mol. The lowest BCUT2D eigenvalue weighted by Gasteiger charge is -2.20. The first-order valence-corrected chi connectivity index (χ1v) is 40.7. The van der Waals surface area contributed by atoms with Crippen LogP contribution < -0.4 is 10.2 Å². The SMILES string of the molecule is C=C1NN=C(c2cc(-c3c(C)noc3C)cc3[nH]c(C4CC4)nc23)c2ccccc21.Cc1noc(C)c1-c1cc(-c2ccnc(OC(C)(C)C)c2)c2nc(C3CC3)[nH]c2c1.Cc1noc(C)c1-c1cc(-c2cn[nH]c2-c2ccc(F)cc2)c2nc(C3CC3)[nH]c2c1.Cc1noc(C)c1-c1cc(-n2ccc3ccccc32)c2nc(C3CC3)[nH]c2c1. The minimum absolute atomic E-state index is 0.269. The first-order valence-electron chi connectivity index (χ1n) is 40.7. The molecule has 0 spiro atoms. The Kier molecular flexibility index (Phi) is 18.1. The lowest BCUT2D eigenvalue weighted by molar-refractivity contribution is 0.124. The molecule has 119 heavy (non-hydrogen) atoms. The minimum Gasteiger partial charge on any atom is -0.472 e. The minimum atomic E-state index is -0.315. The maximum atomic E-state index is 13.5. The molecule has 594 valence electrons. The Morgan fingerprint density at radius 1 is 0.445 bits per heavy atom. The van der Waals surface area contributed by atoms with Crippen molar-refractivity contribution in [1.82, 2.24) is 85.7 Å². The quantitative estimate of drug-likeness (QED) is 0.0589. The lowest BCUT2D eigenvalue weighted by atomic mass is 9.92. The second-order valence-electron chi connectivity index (χ2n) is 33.1. The number of ether oxygens (including phenoxy) is 1. The summed E-state index contributed by atoms with van der Waals surface area (Å²) in [5.41, 5.74) is 35.1. The van der Waals surface area contributed by atoms with Crippen LogP contribution in [0.2, 0.25) is 0 Å². The predicted octanol–water partition coefficient (Wildman–Crippen LogP) is 22.6. The Labute approximate surface area is 683 Å². The number of aromatic amines is 5. The standard InChI is InChI=1S/C24H20FN5O.C24H21N5O.C24H26N4O2.C23H20N4O/c1-12-21(13(2)31-30-12)16-9-18(23-20(10-16)27-24(28-23)15-3-4-15)19-11-26-29-22(19)14-5-7-17(25)8-6-14;1-12-17-6-4-5-7-18(17)22(28-27-12)19-10-16(21-13(2)29-30-14(21)3)11-20-23(19)26-24(25-20)15-8-9-15;1-13-21(14(2)30-28-13)17-10-18(16-8-9-25-20(12-16)29-24(3,4)5)22-19(11-17)26-23(27-22)15-6-7-15;1-13-21(14(2)28-26-13)17-11-18-22(25-23(24-18)16-7-8-16)20(12-17)27-10-9-15-5-3-4-6-19(15)27/h5-11,15H,3-4H2,1-2H3,(H,26,29)(H,27,28);4-7,10-11,15,27H,1,8-9H2,2-3H3,(H,25,26);8-12,15H,6-7H2,1-5H3,(H,26,27);3-6,9-12,16H,7-8H2,1-2H3,(H,24,25). The molecule has 5 aliphatic rings. The van der Waals surface area contributed by atoms with Crippen LogP contribution in [0.1, 0.15) is 182 Å². The van der Waals surface area contributed by atoms with Gasteiger partial charge in [-0.3, -0.25) is 10.5 Å². The summed E-state index contributed by atoms with van der Waals surface area (Å²) in [5.74, 6) is 9.97. The Hall–Kier alpha value is -13.9. The molecule has 0 radical (unpaired) electrons. The highest BCUT2D eigenvalue weighted by molar-refractivity contribution is 6.22. The molecule has 23 nitrogen and oxygen atoms in total. The van der Waals surface area contributed by atoms with Gasteiger partial charge in [-0.25, -0.2) is 29.3 Å². The lowest BCUT2D eigenvalue weighted by Crippen LogP contribution is -2.23. The number of H-pyrrole nitrogens is 5. The van der Waals surface area contributed by atoms with Crippen molar-refractivity contribution in [2.24, 2.45) is 5.10 Å². The van der Waals surface area contributed by atoms with Gasteiger partial charge in [-0.2, -0.15) is 10.2 Å². The van der Waals surface area contributed by atoms with Crippen molar-refractivity contribution < 1.29 is 27.2 Å². The zero-order chi connectivity index (χ0) is 81.4. The number of hydrogen-bond acceptors (Lipinski definition) is 17. The normalized spacial score (nSPS) is 14.6. The zero-order valence-electron chi connectivity index (χ0n) is 68.0. The molecular formula is C95H87FN18O5. The molecule has 4 saturated carbocycles. The number of para-hydroxylation sites is 1. The third-order valence-corrected chi connectivity index (χ3v) is 23.0. The van der Waals surface area contributed by atoms with Gasteiger partial charge in [0.15, 0.2) is 0 Å². The van der Waals surface area contributed by atoms with E-state index in [1.54, 1.807) is 24.5 Å². The number of hydrazone groups is 1. The topological polar surface area (TPSA) is 299 Å². The van der Waals surface area contributed by atoms with Gasteiger partial charge in [-0.1, -0.05) is 69.7 Å². The van der Waals surface area contributed by atoms with E-state index in [9.17, 15) is 4.39 Å². The Morgan fingerprint density at radius 2 is 0.891 bits per heavy atom. The van der Waals surface area contributed by atoms with Gasteiger partial charge in [-0.05, 0) is 252 Å². The number of hydrogen-bond donors (Lipinski definition) is 6. The maximum Gasteiger partial charge on any atom is 0.214 e. The first-order chi connectivity index (χ1) is 57.6. The maximum absolute atomic E-state index is 13.5. The van der Waals surface area contributed by atoms with Crippen molar-refractivity contribution in [3.63, 3.8) is 0 Å². The molecule has 6 N–H and O–H groups in total. The number of fused-ring (bicyclic) bond motifs is 6. The molecule has 12 heterocycles. The Bertz CT molecular complexity index is 6980. The highest BCUT2D eigenvalue weighted by Crippen LogP contribution is 2.48. The van der Waals surface area contributed by atoms with Crippen LogP contribution in [0.5, 0.6) is 5.88 Å². The van der Waals surface area contributed by atoms with Gasteiger partial charge in [0.2, 0.25) is 5.88 Å². The Balaban J connectivity index is 0.000000102. The van der Waals surface area contributed by atoms with Gasteiger partial charge in [0.05, 0.1) is 90.2 Å². The molecule has 7 aromatic carbocycles. The fraction of sp³-hybridized carbons (Fsp3) is 0.253. The van der Waals surface area contributed by atoms with Gasteiger partial charge in [0.25, 0.3) is 0 Å². The third-order valence-electron chi connectivity index (χ3n) is 23.0. The summed E-state index contributed by atoms with van der Waals surface area (Å²) in [7, 11) is 0. The van der Waals surface area contributed by atoms with Crippen LogP contribution in [0.3, 0.4) is 0 Å². The number of rotatable bonds is 14. The summed E-state index contributed by atoms with van der Waals surface area (Å²) in [4.78, 5) is 38.5. The van der Waals surface area contributed by atoms with E-state index in [4.69, 9.17) is 42.8 Å². The molecule has 0 amide bonds. The van der Waals surface area contributed by atoms with E-state index in [0.717, 1.165) is 225 Å². The second kappa shape index (κ2) is 29.1. The van der Waals surface area contributed by atoms with Crippen LogP contribution in [0.15, 0.2) is 188 Å². The van der Waals surface area contributed by atoms with Crippen molar-refractivity contribution in [3.05, 3.63) is 256 Å². The third kappa shape index (κ3) is 14.1. The Morgan fingerprint density at radius 3 is 1.39 bits per heavy atom. The van der Waals surface area contributed by atoms with E-state index in [1.807, 2.05) is 100 Å². The number of pyridine rings is 1. The smallest absolute Gasteiger partial charge is 0.214 e. The number of benzene rings is 7. The van der Waals surface area contributed by atoms with Gasteiger partial charge in [0, 0.05) is 103 Å². The van der Waals surface area contributed by atoms with Crippen LogP contribution >= 0.6 is 0 Å². The molecule has 11 aromatic heterocycles. The van der Waals surface area contributed by atoms with Crippen molar-refractivity contribution in [3.8, 4) is 89.6 Å². The van der Waals surface area contributed by atoms with Crippen LogP contribution in [0, 0.1) is 61.2 Å². The summed E-state index contributed by atoms with van der Waals surface area (Å²) in [6, 6.07) is 46.4. The summed E-state index contributed by atoms with van der Waals surface area (Å²) in [5, 5.41) is 29.9. The molecule has 1 aliphatic heterocycles. The molecule has 23 rings (SSSR count). The van der Waals surface area contributed by atoms with Crippen molar-refractivity contribution in [1.29, 1.82) is 0 Å². The fourth-order valence-corrected chi connectivity index (χ4v) is 16.6. The summed E-state index contributed by atoms with van der Waals surface area (Å²) in [6.07, 6.45) is 15.3. The van der Waals surface area contributed by atoms with E-state index in [2.05, 4.69) is 175 Å². The van der Waals surface area contributed by atoms with Crippen molar-refractivity contribution in [2.45, 2.75) is 157 Å². The fourth-order valence-electron chi connectivity index (χ4n) is 16.6. The highest BCUT2D eigenvalue weighted by Gasteiger charge is 2.34. The molecule has 0 saturated heterocycles. The van der Waals surface area contributed by atoms with Gasteiger partial charge in [0.1, 0.15) is 69.0 Å². The van der Waals surface area contributed by atoms with Crippen molar-refractivity contribution >= 4 is 66.4 Å². The van der Waals surface area contributed by atoms with E-state index in [1.165, 1.54) is 74.4 Å². The molecule has 0 unspecified atom stereocenters. The van der Waals surface area contributed by atoms with Crippen LogP contribution in [0.25, 0.3) is 144 Å². The summed E-state index contributed by atoms with van der Waals surface area (Å²) in [6.45, 7) is 25.8. The van der Waals surface area contributed by atoms with Gasteiger partial charge in [-0.15, -0.1) is 0 Å². The summed E-state index contributed by atoms with van der Waals surface area (Å²) < 4.78 is 43.4. The highest BCUT2D eigenvalue weighted by atomic mass is 19.1. The van der Waals surface area contributed by atoms with Crippen LogP contribution in [-0.4, -0.2) is 91.6 Å². The molecule has 0 atom stereocenters. The first kappa shape index (κ1) is 74.0. The van der Waals surface area contributed by atoms with E-state index in [-0.39, 0.29) is 11.4 Å². The molecule has 18 aromatic rings. The van der Waals surface area contributed by atoms with E-state index < -0.39 is 0 Å². The monoisotopic (exact) mass is 1580 g/mol. The molecule has 4 aliphatic carbocycles. The molecule has 0 bridgehead atoms. The van der Waals surface area contributed by atoms with Crippen LogP contribution in [-0.2, 0) is 0 Å². The largest absolute Gasteiger partial charge is 0.472 e. The molecule has 24 heteroatoms. The number of aromatic nitrogens is 16. The van der Waals surface area contributed by atoms with E-state index >= 15 is 0 Å². The van der Waals surface area contributed by atoms with Crippen molar-refractivity contribution in [2.75, 3.05) is 0 Å². The second-order valence-corrected chi connectivity index (χ2v) is 33.1. The zero-order valence-corrected chi connectivity index (χ0v) is 68.0. The average Bonchev–Trinajstić information content (AvgIpc) is 1.46. The van der Waals surface area contributed by atoms with Crippen LogP contribution in [0.4, 0.5) is 4.39 Å². The number of aryl methyl sites for hydroxylation is 8.